The first-order valence-corrected chi connectivity index (χ1v) is 12.2. The molecule has 5 heterocycles. The number of pyridine rings is 2. The zero-order chi connectivity index (χ0) is 26.1. The first-order chi connectivity index (χ1) is 17.9. The zero-order valence-corrected chi connectivity index (χ0v) is 21.6. The lowest BCUT2D eigenvalue weighted by Gasteiger charge is -2.16. The molecule has 0 saturated carbocycles. The van der Waals surface area contributed by atoms with Gasteiger partial charge in [-0.05, 0) is 19.1 Å². The summed E-state index contributed by atoms with van der Waals surface area (Å²) in [6, 6.07) is 3.43. The molecule has 1 N–H and O–H groups in total. The highest BCUT2D eigenvalue weighted by Crippen LogP contribution is 2.36. The van der Waals surface area contributed by atoms with E-state index in [-0.39, 0.29) is 29.2 Å². The Balaban J connectivity index is 1.36. The van der Waals surface area contributed by atoms with E-state index in [0.717, 1.165) is 10.6 Å². The van der Waals surface area contributed by atoms with Crippen molar-refractivity contribution in [2.24, 2.45) is 0 Å². The third kappa shape index (κ3) is 4.80. The number of carbonyl (C=O) groups excluding carboxylic acids is 2. The summed E-state index contributed by atoms with van der Waals surface area (Å²) in [5.74, 6) is 0.111. The van der Waals surface area contributed by atoms with Crippen molar-refractivity contribution in [3.63, 3.8) is 0 Å². The van der Waals surface area contributed by atoms with E-state index in [1.54, 1.807) is 17.0 Å². The lowest BCUT2D eigenvalue weighted by molar-refractivity contribution is 0.0740. The molecule has 188 valence electrons. The minimum absolute atomic E-state index is 0.187. The van der Waals surface area contributed by atoms with Gasteiger partial charge in [0.05, 0.1) is 55.8 Å². The first kappa shape index (κ1) is 24.5. The fraction of sp³-hybridized carbons (Fsp3) is 0.208. The van der Waals surface area contributed by atoms with Crippen molar-refractivity contribution in [1.29, 1.82) is 0 Å². The second kappa shape index (κ2) is 10.1. The minimum atomic E-state index is -0.386. The molecule has 37 heavy (non-hydrogen) atoms. The van der Waals surface area contributed by atoms with Gasteiger partial charge in [0.2, 0.25) is 0 Å². The Bertz CT molecular complexity index is 1500. The topological polar surface area (TPSA) is 132 Å². The maximum atomic E-state index is 13.3. The smallest absolute Gasteiger partial charge is 0.277 e. The summed E-state index contributed by atoms with van der Waals surface area (Å²) in [6.45, 7) is 2.46. The number of aryl methyl sites for hydroxylation is 1. The van der Waals surface area contributed by atoms with Crippen LogP contribution in [0, 0.1) is 6.92 Å². The summed E-state index contributed by atoms with van der Waals surface area (Å²) in [5, 5.41) is 3.55. The molecule has 0 atom stereocenters. The highest BCUT2D eigenvalue weighted by Gasteiger charge is 2.31. The standard InChI is InChI=1S/C24H20ClN7O4S/c1-12-4-13(14-5-20(25)28-8-17(14)35-2)15(6-27-12)22(33)31-24-30-16-9-32(10-19(16)37-24)23(34)21-18(36-3)7-26-11-29-21/h4-8,11H,9-10H2,1-3H3,(H,30,31,33). The predicted octanol–water partition coefficient (Wildman–Crippen LogP) is 3.78. The maximum Gasteiger partial charge on any atom is 0.277 e. The molecule has 1 aliphatic rings. The van der Waals surface area contributed by atoms with Gasteiger partial charge >= 0.3 is 0 Å². The highest BCUT2D eigenvalue weighted by atomic mass is 35.5. The normalized spacial score (nSPS) is 12.3. The van der Waals surface area contributed by atoms with Gasteiger partial charge in [-0.15, -0.1) is 0 Å². The Morgan fingerprint density at radius 3 is 2.59 bits per heavy atom. The molecule has 0 fully saturated rings. The van der Waals surface area contributed by atoms with Crippen LogP contribution in [0.25, 0.3) is 11.1 Å². The number of fused-ring (bicyclic) bond motifs is 1. The third-order valence-electron chi connectivity index (χ3n) is 5.69. The number of ether oxygens (including phenoxy) is 2. The van der Waals surface area contributed by atoms with E-state index in [1.165, 1.54) is 50.5 Å². The highest BCUT2D eigenvalue weighted by molar-refractivity contribution is 7.16. The van der Waals surface area contributed by atoms with Crippen LogP contribution in [0.2, 0.25) is 5.15 Å². The maximum absolute atomic E-state index is 13.3. The van der Waals surface area contributed by atoms with Crippen molar-refractivity contribution in [3.8, 4) is 22.6 Å². The molecule has 1 aliphatic heterocycles. The monoisotopic (exact) mass is 537 g/mol. The van der Waals surface area contributed by atoms with E-state index in [0.29, 0.717) is 45.6 Å². The van der Waals surface area contributed by atoms with E-state index in [9.17, 15) is 9.59 Å². The fourth-order valence-corrected chi connectivity index (χ4v) is 5.07. The van der Waals surface area contributed by atoms with Crippen molar-refractivity contribution < 1.29 is 19.1 Å². The molecule has 0 aliphatic carbocycles. The average molecular weight is 538 g/mol. The molecule has 5 rings (SSSR count). The van der Waals surface area contributed by atoms with Gasteiger partial charge in [0, 0.05) is 23.0 Å². The average Bonchev–Trinajstić information content (AvgIpc) is 3.47. The third-order valence-corrected chi connectivity index (χ3v) is 6.90. The molecule has 4 aromatic rings. The molecule has 0 saturated heterocycles. The number of thiazole rings is 1. The molecule has 4 aromatic heterocycles. The van der Waals surface area contributed by atoms with Crippen LogP contribution < -0.4 is 14.8 Å². The van der Waals surface area contributed by atoms with E-state index < -0.39 is 0 Å². The second-order valence-electron chi connectivity index (χ2n) is 8.02. The minimum Gasteiger partial charge on any atom is -0.494 e. The number of hydrogen-bond donors (Lipinski definition) is 1. The largest absolute Gasteiger partial charge is 0.494 e. The van der Waals surface area contributed by atoms with Crippen LogP contribution >= 0.6 is 22.9 Å². The molecular formula is C24H20ClN7O4S. The quantitative estimate of drug-likeness (QED) is 0.365. The van der Waals surface area contributed by atoms with E-state index in [4.69, 9.17) is 21.1 Å². The van der Waals surface area contributed by atoms with Gasteiger partial charge in [-0.2, -0.15) is 0 Å². The van der Waals surface area contributed by atoms with Gasteiger partial charge in [-0.3, -0.25) is 19.9 Å². The number of nitrogens with one attached hydrogen (secondary N) is 1. The summed E-state index contributed by atoms with van der Waals surface area (Å²) in [5.41, 5.74) is 3.17. The van der Waals surface area contributed by atoms with Crippen LogP contribution in [0.4, 0.5) is 5.13 Å². The lowest BCUT2D eigenvalue weighted by Crippen LogP contribution is -2.27. The van der Waals surface area contributed by atoms with Crippen molar-refractivity contribution in [2.45, 2.75) is 20.0 Å². The van der Waals surface area contributed by atoms with Gasteiger partial charge in [-0.25, -0.2) is 19.9 Å². The Morgan fingerprint density at radius 2 is 1.84 bits per heavy atom. The molecule has 13 heteroatoms. The number of amides is 2. The van der Waals surface area contributed by atoms with Crippen molar-refractivity contribution in [2.75, 3.05) is 19.5 Å². The first-order valence-electron chi connectivity index (χ1n) is 11.0. The van der Waals surface area contributed by atoms with Gasteiger partial charge < -0.3 is 14.4 Å². The summed E-state index contributed by atoms with van der Waals surface area (Å²) in [7, 11) is 2.98. The number of carbonyl (C=O) groups is 2. The van der Waals surface area contributed by atoms with Gasteiger partial charge in [0.25, 0.3) is 11.8 Å². The van der Waals surface area contributed by atoms with Crippen LogP contribution in [0.15, 0.2) is 37.1 Å². The zero-order valence-electron chi connectivity index (χ0n) is 20.0. The molecule has 11 nitrogen and oxygen atoms in total. The van der Waals surface area contributed by atoms with Crippen LogP contribution in [0.5, 0.6) is 11.5 Å². The number of hydrogen-bond acceptors (Lipinski definition) is 10. The second-order valence-corrected chi connectivity index (χ2v) is 9.49. The van der Waals surface area contributed by atoms with Crippen molar-refractivity contribution in [3.05, 3.63) is 69.7 Å². The van der Waals surface area contributed by atoms with Crippen LogP contribution in [0.1, 0.15) is 37.1 Å². The SMILES string of the molecule is COc1cnc(Cl)cc1-c1cc(C)ncc1C(=O)Nc1nc2c(s1)CN(C(=O)c1ncncc1OC)C2. The summed E-state index contributed by atoms with van der Waals surface area (Å²) >= 11 is 7.43. The van der Waals surface area contributed by atoms with Crippen LogP contribution in [0.3, 0.4) is 0 Å². The predicted molar refractivity (Wildman–Crippen MR) is 136 cm³/mol. The Kier molecular flexibility index (Phi) is 6.68. The number of methoxy groups -OCH3 is 2. The van der Waals surface area contributed by atoms with Crippen LogP contribution in [-0.4, -0.2) is 55.9 Å². The number of halogens is 1. The fourth-order valence-electron chi connectivity index (χ4n) is 3.93. The summed E-state index contributed by atoms with van der Waals surface area (Å²) < 4.78 is 10.6. The van der Waals surface area contributed by atoms with Gasteiger partial charge in [0.15, 0.2) is 16.6 Å². The molecule has 0 aromatic carbocycles. The molecule has 0 bridgehead atoms. The van der Waals surface area contributed by atoms with Gasteiger partial charge in [0.1, 0.15) is 17.2 Å². The summed E-state index contributed by atoms with van der Waals surface area (Å²) in [6.07, 6.45) is 5.76. The molecule has 0 unspecified atom stereocenters. The van der Waals surface area contributed by atoms with Crippen molar-refractivity contribution >= 4 is 39.9 Å². The lowest BCUT2D eigenvalue weighted by atomic mass is 10.0. The molecule has 0 radical (unpaired) electrons. The molecular weight excluding hydrogens is 518 g/mol. The number of anilines is 1. The summed E-state index contributed by atoms with van der Waals surface area (Å²) in [4.78, 5) is 49.6. The van der Waals surface area contributed by atoms with Gasteiger partial charge in [-0.1, -0.05) is 22.9 Å². The molecule has 0 spiro atoms. The van der Waals surface area contributed by atoms with E-state index in [1.807, 2.05) is 6.92 Å². The van der Waals surface area contributed by atoms with E-state index >= 15 is 0 Å². The van der Waals surface area contributed by atoms with Crippen LogP contribution in [-0.2, 0) is 13.1 Å². The Hall–Kier alpha value is -4.16. The Morgan fingerprint density at radius 1 is 1.03 bits per heavy atom. The Labute approximate surface area is 220 Å². The number of aromatic nitrogens is 5. The number of nitrogens with zero attached hydrogens (tertiary/aromatic N) is 6. The molecule has 2 amide bonds. The number of rotatable bonds is 6. The van der Waals surface area contributed by atoms with Crippen molar-refractivity contribution in [1.82, 2.24) is 29.8 Å². The van der Waals surface area contributed by atoms with E-state index in [2.05, 4.69) is 30.2 Å².